The molecule has 0 aliphatic carbocycles. The number of carbonyl (C=O) groups is 1. The van der Waals surface area contributed by atoms with Gasteiger partial charge in [-0.25, -0.2) is 4.98 Å². The summed E-state index contributed by atoms with van der Waals surface area (Å²) in [7, 11) is 1.92. The molecule has 5 heteroatoms. The van der Waals surface area contributed by atoms with Crippen LogP contribution in [0.3, 0.4) is 0 Å². The van der Waals surface area contributed by atoms with Gasteiger partial charge in [0, 0.05) is 24.5 Å². The zero-order valence-electron chi connectivity index (χ0n) is 13.3. The molecule has 2 rings (SSSR count). The van der Waals surface area contributed by atoms with Crippen LogP contribution < -0.4 is 5.32 Å². The van der Waals surface area contributed by atoms with Crippen molar-refractivity contribution in [3.8, 4) is 0 Å². The van der Waals surface area contributed by atoms with E-state index in [1.54, 1.807) is 6.20 Å². The van der Waals surface area contributed by atoms with Crippen LogP contribution in [0.2, 0.25) is 5.02 Å². The zero-order chi connectivity index (χ0) is 16.2. The summed E-state index contributed by atoms with van der Waals surface area (Å²) in [6, 6.07) is 7.55. The number of carbonyl (C=O) groups excluding carboxylic acids is 1. The van der Waals surface area contributed by atoms with Crippen molar-refractivity contribution in [3.05, 3.63) is 53.1 Å². The van der Waals surface area contributed by atoms with E-state index in [4.69, 9.17) is 11.6 Å². The minimum absolute atomic E-state index is 0.0304. The van der Waals surface area contributed by atoms with E-state index in [1.807, 2.05) is 55.9 Å². The Hall–Kier alpha value is -1.81. The molecule has 0 aliphatic rings. The van der Waals surface area contributed by atoms with Crippen LogP contribution in [0.15, 0.2) is 36.7 Å². The molecule has 0 unspecified atom stereocenters. The summed E-state index contributed by atoms with van der Waals surface area (Å²) in [5.41, 5.74) is 0.467. The Morgan fingerprint density at radius 3 is 2.41 bits per heavy atom. The third-order valence-electron chi connectivity index (χ3n) is 4.37. The van der Waals surface area contributed by atoms with Crippen molar-refractivity contribution < 1.29 is 4.79 Å². The second-order valence-electron chi connectivity index (χ2n) is 5.43. The third-order valence-corrected chi connectivity index (χ3v) is 4.62. The molecule has 0 fully saturated rings. The lowest BCUT2D eigenvalue weighted by atomic mass is 9.75. The third kappa shape index (κ3) is 3.17. The molecule has 22 heavy (non-hydrogen) atoms. The predicted octanol–water partition coefficient (Wildman–Crippen LogP) is 3.45. The highest BCUT2D eigenvalue weighted by molar-refractivity contribution is 6.30. The quantitative estimate of drug-likeness (QED) is 0.886. The molecule has 1 aromatic heterocycles. The summed E-state index contributed by atoms with van der Waals surface area (Å²) in [4.78, 5) is 17.1. The number of benzene rings is 1. The van der Waals surface area contributed by atoms with E-state index in [0.717, 1.165) is 24.2 Å². The maximum atomic E-state index is 12.8. The van der Waals surface area contributed by atoms with Gasteiger partial charge in [0.2, 0.25) is 5.91 Å². The van der Waals surface area contributed by atoms with Crippen LogP contribution >= 0.6 is 11.6 Å². The summed E-state index contributed by atoms with van der Waals surface area (Å²) in [6.45, 7) is 4.51. The Kier molecular flexibility index (Phi) is 5.24. The van der Waals surface area contributed by atoms with Gasteiger partial charge in [-0.2, -0.15) is 0 Å². The molecule has 118 valence electrons. The molecule has 0 radical (unpaired) electrons. The summed E-state index contributed by atoms with van der Waals surface area (Å²) in [5, 5.41) is 3.71. The Bertz CT molecular complexity index is 630. The van der Waals surface area contributed by atoms with Crippen LogP contribution in [0.4, 0.5) is 0 Å². The lowest BCUT2D eigenvalue weighted by Gasteiger charge is -2.31. The number of amides is 1. The van der Waals surface area contributed by atoms with Crippen molar-refractivity contribution in [2.24, 2.45) is 7.05 Å². The smallest absolute Gasteiger partial charge is 0.231 e. The maximum absolute atomic E-state index is 12.8. The summed E-state index contributed by atoms with van der Waals surface area (Å²) < 4.78 is 1.90. The van der Waals surface area contributed by atoms with E-state index in [2.05, 4.69) is 10.3 Å². The second kappa shape index (κ2) is 6.97. The molecule has 0 bridgehead atoms. The van der Waals surface area contributed by atoms with E-state index in [0.29, 0.717) is 11.6 Å². The number of nitrogens with one attached hydrogen (secondary N) is 1. The largest absolute Gasteiger partial charge is 0.348 e. The molecule has 1 N–H and O–H groups in total. The van der Waals surface area contributed by atoms with E-state index in [1.165, 1.54) is 0 Å². The molecule has 1 heterocycles. The molecule has 0 saturated heterocycles. The van der Waals surface area contributed by atoms with E-state index >= 15 is 0 Å². The number of halogens is 1. The fourth-order valence-corrected chi connectivity index (χ4v) is 2.90. The summed E-state index contributed by atoms with van der Waals surface area (Å²) >= 11 is 5.96. The molecule has 0 atom stereocenters. The average Bonchev–Trinajstić information content (AvgIpc) is 2.94. The van der Waals surface area contributed by atoms with Crippen molar-refractivity contribution >= 4 is 17.5 Å². The minimum atomic E-state index is -0.532. The molecule has 0 spiro atoms. The lowest BCUT2D eigenvalue weighted by Crippen LogP contribution is -2.43. The van der Waals surface area contributed by atoms with Crippen LogP contribution in [0.1, 0.15) is 38.1 Å². The Balaban J connectivity index is 2.20. The first-order valence-corrected chi connectivity index (χ1v) is 7.92. The van der Waals surface area contributed by atoms with Gasteiger partial charge in [-0.15, -0.1) is 0 Å². The molecular weight excluding hydrogens is 298 g/mol. The fourth-order valence-electron chi connectivity index (χ4n) is 2.77. The molecular formula is C17H22ClN3O. The van der Waals surface area contributed by atoms with Crippen LogP contribution in [0, 0.1) is 0 Å². The van der Waals surface area contributed by atoms with Crippen molar-refractivity contribution in [2.45, 2.75) is 38.6 Å². The van der Waals surface area contributed by atoms with Gasteiger partial charge in [-0.05, 0) is 30.5 Å². The highest BCUT2D eigenvalue weighted by Gasteiger charge is 2.36. The molecule has 2 aromatic rings. The first-order valence-electron chi connectivity index (χ1n) is 7.54. The Morgan fingerprint density at radius 2 is 1.91 bits per heavy atom. The van der Waals surface area contributed by atoms with Crippen LogP contribution in [0.25, 0.3) is 0 Å². The van der Waals surface area contributed by atoms with Crippen molar-refractivity contribution in [1.82, 2.24) is 14.9 Å². The summed E-state index contributed by atoms with van der Waals surface area (Å²) in [5.74, 6) is 0.869. The van der Waals surface area contributed by atoms with Crippen molar-refractivity contribution in [3.63, 3.8) is 0 Å². The highest BCUT2D eigenvalue weighted by Crippen LogP contribution is 2.32. The number of hydrogen-bond donors (Lipinski definition) is 1. The number of aryl methyl sites for hydroxylation is 1. The highest BCUT2D eigenvalue weighted by atomic mass is 35.5. The number of rotatable bonds is 6. The summed E-state index contributed by atoms with van der Waals surface area (Å²) in [6.07, 6.45) is 5.07. The Morgan fingerprint density at radius 1 is 1.27 bits per heavy atom. The van der Waals surface area contributed by atoms with Crippen LogP contribution in [-0.2, 0) is 23.8 Å². The SMILES string of the molecule is CCC(CC)(C(=O)NCc1nccn1C)c1ccc(Cl)cc1. The number of nitrogens with zero attached hydrogens (tertiary/aromatic N) is 2. The van der Waals surface area contributed by atoms with Gasteiger partial charge < -0.3 is 9.88 Å². The number of aromatic nitrogens is 2. The van der Waals surface area contributed by atoms with E-state index < -0.39 is 5.41 Å². The van der Waals surface area contributed by atoms with Gasteiger partial charge in [-0.1, -0.05) is 37.6 Å². The average molecular weight is 320 g/mol. The Labute approximate surface area is 136 Å². The van der Waals surface area contributed by atoms with Gasteiger partial charge >= 0.3 is 0 Å². The topological polar surface area (TPSA) is 46.9 Å². The van der Waals surface area contributed by atoms with Crippen LogP contribution in [0.5, 0.6) is 0 Å². The number of hydrogen-bond acceptors (Lipinski definition) is 2. The van der Waals surface area contributed by atoms with E-state index in [-0.39, 0.29) is 5.91 Å². The van der Waals surface area contributed by atoms with Crippen molar-refractivity contribution in [2.75, 3.05) is 0 Å². The van der Waals surface area contributed by atoms with Gasteiger partial charge in [-0.3, -0.25) is 4.79 Å². The predicted molar refractivity (Wildman–Crippen MR) is 88.8 cm³/mol. The number of imidazole rings is 1. The first-order chi connectivity index (χ1) is 10.5. The fraction of sp³-hybridized carbons (Fsp3) is 0.412. The molecule has 0 saturated carbocycles. The van der Waals surface area contributed by atoms with Crippen molar-refractivity contribution in [1.29, 1.82) is 0 Å². The molecule has 1 aromatic carbocycles. The second-order valence-corrected chi connectivity index (χ2v) is 5.87. The van der Waals surface area contributed by atoms with Gasteiger partial charge in [0.05, 0.1) is 12.0 Å². The molecule has 0 aliphatic heterocycles. The van der Waals surface area contributed by atoms with E-state index in [9.17, 15) is 4.79 Å². The normalized spacial score (nSPS) is 11.5. The maximum Gasteiger partial charge on any atom is 0.231 e. The zero-order valence-corrected chi connectivity index (χ0v) is 14.0. The van der Waals surface area contributed by atoms with Crippen LogP contribution in [-0.4, -0.2) is 15.5 Å². The lowest BCUT2D eigenvalue weighted by molar-refractivity contribution is -0.127. The van der Waals surface area contributed by atoms with Gasteiger partial charge in [0.15, 0.2) is 0 Å². The monoisotopic (exact) mass is 319 g/mol. The van der Waals surface area contributed by atoms with Gasteiger partial charge in [0.25, 0.3) is 0 Å². The van der Waals surface area contributed by atoms with Gasteiger partial charge in [0.1, 0.15) is 5.82 Å². The minimum Gasteiger partial charge on any atom is -0.348 e. The standard InChI is InChI=1S/C17H22ClN3O/c1-4-17(5-2,13-6-8-14(18)9-7-13)16(22)20-12-15-19-10-11-21(15)3/h6-11H,4-5,12H2,1-3H3,(H,20,22). The molecule has 1 amide bonds. The first kappa shape index (κ1) is 16.6. The molecule has 4 nitrogen and oxygen atoms in total.